The first-order valence-electron chi connectivity index (χ1n) is 8.53. The van der Waals surface area contributed by atoms with E-state index in [9.17, 15) is 13.6 Å². The predicted molar refractivity (Wildman–Crippen MR) is 99.4 cm³/mol. The number of alkyl halides is 2. The molecule has 9 heteroatoms. The Morgan fingerprint density at radius 1 is 1.41 bits per heavy atom. The molecule has 0 bridgehead atoms. The molecule has 0 atom stereocenters. The molecule has 1 amide bonds. The Morgan fingerprint density at radius 2 is 2.22 bits per heavy atom. The van der Waals surface area contributed by atoms with Gasteiger partial charge < -0.3 is 20.3 Å². The first-order valence-corrected chi connectivity index (χ1v) is 9.35. The topological polar surface area (TPSA) is 81.2 Å². The lowest BCUT2D eigenvalue weighted by molar-refractivity contribution is -0.0372. The molecule has 27 heavy (non-hydrogen) atoms. The molecule has 142 valence electrons. The Hall–Kier alpha value is -2.52. The van der Waals surface area contributed by atoms with Crippen LogP contribution in [0.25, 0.3) is 10.9 Å². The number of aromatic nitrogens is 2. The fourth-order valence-electron chi connectivity index (χ4n) is 3.06. The number of fused-ring (bicyclic) bond motifs is 2. The number of amides is 1. The predicted octanol–water partition coefficient (Wildman–Crippen LogP) is 2.86. The molecule has 0 spiro atoms. The van der Waals surface area contributed by atoms with Crippen molar-refractivity contribution < 1.29 is 18.7 Å². The smallest absolute Gasteiger partial charge is 0.287 e. The normalized spacial score (nSPS) is 14.4. The number of para-hydroxylation sites is 1. The summed E-state index contributed by atoms with van der Waals surface area (Å²) in [6.45, 7) is -0.956. The lowest BCUT2D eigenvalue weighted by Gasteiger charge is -2.25. The maximum Gasteiger partial charge on any atom is 0.287 e. The SMILES string of the molecule is O=C(c1cc2ccccc2[nH]1)N1CCc2nc(NCC(F)(F)CO)sc2C1. The largest absolute Gasteiger partial charge is 0.390 e. The van der Waals surface area contributed by atoms with Gasteiger partial charge in [-0.3, -0.25) is 4.79 Å². The van der Waals surface area contributed by atoms with E-state index in [1.165, 1.54) is 11.3 Å². The van der Waals surface area contributed by atoms with E-state index in [0.29, 0.717) is 30.3 Å². The lowest BCUT2D eigenvalue weighted by Crippen LogP contribution is -2.35. The molecule has 1 aliphatic rings. The second kappa shape index (κ2) is 6.90. The molecular formula is C18H18F2N4O2S. The van der Waals surface area contributed by atoms with E-state index < -0.39 is 19.1 Å². The van der Waals surface area contributed by atoms with Crippen molar-refractivity contribution >= 4 is 33.3 Å². The van der Waals surface area contributed by atoms with Gasteiger partial charge in [-0.2, -0.15) is 0 Å². The van der Waals surface area contributed by atoms with Gasteiger partial charge in [-0.1, -0.05) is 29.5 Å². The monoisotopic (exact) mass is 392 g/mol. The van der Waals surface area contributed by atoms with Crippen LogP contribution in [-0.4, -0.2) is 51.5 Å². The number of thiazole rings is 1. The third kappa shape index (κ3) is 3.65. The van der Waals surface area contributed by atoms with Crippen LogP contribution >= 0.6 is 11.3 Å². The van der Waals surface area contributed by atoms with Crippen molar-refractivity contribution in [1.29, 1.82) is 0 Å². The number of hydrogen-bond acceptors (Lipinski definition) is 5. The molecule has 4 rings (SSSR count). The zero-order valence-electron chi connectivity index (χ0n) is 14.3. The zero-order valence-corrected chi connectivity index (χ0v) is 15.2. The minimum atomic E-state index is -3.19. The minimum absolute atomic E-state index is 0.0911. The highest BCUT2D eigenvalue weighted by molar-refractivity contribution is 7.15. The van der Waals surface area contributed by atoms with Crippen LogP contribution in [-0.2, 0) is 13.0 Å². The lowest BCUT2D eigenvalue weighted by atomic mass is 10.1. The number of carbonyl (C=O) groups is 1. The van der Waals surface area contributed by atoms with Crippen LogP contribution in [0, 0.1) is 0 Å². The van der Waals surface area contributed by atoms with Gasteiger partial charge in [0.15, 0.2) is 5.13 Å². The number of aromatic amines is 1. The molecule has 0 unspecified atom stereocenters. The maximum atomic E-state index is 13.2. The third-order valence-electron chi connectivity index (χ3n) is 4.51. The number of H-pyrrole nitrogens is 1. The van der Waals surface area contributed by atoms with Gasteiger partial charge in [0.05, 0.1) is 18.8 Å². The van der Waals surface area contributed by atoms with Crippen LogP contribution in [0.15, 0.2) is 30.3 Å². The molecule has 3 heterocycles. The minimum Gasteiger partial charge on any atom is -0.390 e. The van der Waals surface area contributed by atoms with E-state index in [-0.39, 0.29) is 5.91 Å². The van der Waals surface area contributed by atoms with Crippen molar-refractivity contribution in [2.45, 2.75) is 18.9 Å². The summed E-state index contributed by atoms with van der Waals surface area (Å²) in [5.74, 6) is -3.28. The van der Waals surface area contributed by atoms with E-state index in [1.807, 2.05) is 30.3 Å². The molecule has 6 nitrogen and oxygen atoms in total. The van der Waals surface area contributed by atoms with E-state index in [1.54, 1.807) is 4.90 Å². The summed E-state index contributed by atoms with van der Waals surface area (Å²) < 4.78 is 26.3. The Labute approximate surface area is 157 Å². The van der Waals surface area contributed by atoms with Crippen molar-refractivity contribution in [3.05, 3.63) is 46.6 Å². The molecular weight excluding hydrogens is 374 g/mol. The first kappa shape index (κ1) is 17.9. The number of hydrogen-bond donors (Lipinski definition) is 3. The molecule has 0 saturated carbocycles. The summed E-state index contributed by atoms with van der Waals surface area (Å²) in [6.07, 6.45) is 0.579. The number of nitrogens with one attached hydrogen (secondary N) is 2. The Balaban J connectivity index is 1.47. The average Bonchev–Trinajstić information content (AvgIpc) is 3.28. The maximum absolute atomic E-state index is 13.2. The zero-order chi connectivity index (χ0) is 19.0. The van der Waals surface area contributed by atoms with E-state index in [4.69, 9.17) is 5.11 Å². The molecule has 1 aromatic carbocycles. The number of carbonyl (C=O) groups excluding carboxylic acids is 1. The summed E-state index contributed by atoms with van der Waals surface area (Å²) in [6, 6.07) is 9.53. The standard InChI is InChI=1S/C18H18F2N4O2S/c19-18(20,10-25)9-21-17-23-13-5-6-24(8-15(13)27-17)16(26)14-7-11-3-1-2-4-12(11)22-14/h1-4,7,22,25H,5-6,8-10H2,(H,21,23). The van der Waals surface area contributed by atoms with E-state index in [0.717, 1.165) is 21.5 Å². The number of aliphatic hydroxyl groups excluding tert-OH is 1. The summed E-state index contributed by atoms with van der Waals surface area (Å²) in [5.41, 5.74) is 2.27. The summed E-state index contributed by atoms with van der Waals surface area (Å²) >= 11 is 1.27. The summed E-state index contributed by atoms with van der Waals surface area (Å²) in [7, 11) is 0. The Bertz CT molecular complexity index is 952. The van der Waals surface area contributed by atoms with Gasteiger partial charge in [-0.25, -0.2) is 13.8 Å². The van der Waals surface area contributed by atoms with Crippen LogP contribution in [0.1, 0.15) is 21.1 Å². The number of anilines is 1. The van der Waals surface area contributed by atoms with Gasteiger partial charge in [0.1, 0.15) is 12.3 Å². The molecule has 2 aromatic heterocycles. The molecule has 3 aromatic rings. The fraction of sp³-hybridized carbons (Fsp3) is 0.333. The number of nitrogens with zero attached hydrogens (tertiary/aromatic N) is 2. The molecule has 0 saturated heterocycles. The number of aliphatic hydroxyl groups is 1. The van der Waals surface area contributed by atoms with Gasteiger partial charge in [0, 0.05) is 28.7 Å². The Morgan fingerprint density at radius 3 is 3.00 bits per heavy atom. The summed E-state index contributed by atoms with van der Waals surface area (Å²) in [4.78, 5) is 22.9. The van der Waals surface area contributed by atoms with Crippen molar-refractivity contribution in [3.63, 3.8) is 0 Å². The highest BCUT2D eigenvalue weighted by Gasteiger charge is 2.29. The van der Waals surface area contributed by atoms with Crippen molar-refractivity contribution in [2.24, 2.45) is 0 Å². The molecule has 0 fully saturated rings. The van der Waals surface area contributed by atoms with Crippen molar-refractivity contribution in [1.82, 2.24) is 14.9 Å². The van der Waals surface area contributed by atoms with Crippen LogP contribution in [0.4, 0.5) is 13.9 Å². The summed E-state index contributed by atoms with van der Waals surface area (Å²) in [5, 5.41) is 12.6. The second-order valence-corrected chi connectivity index (χ2v) is 7.59. The second-order valence-electron chi connectivity index (χ2n) is 6.50. The highest BCUT2D eigenvalue weighted by Crippen LogP contribution is 2.30. The fourth-order valence-corrected chi connectivity index (χ4v) is 4.08. The van der Waals surface area contributed by atoms with Crippen LogP contribution < -0.4 is 5.32 Å². The number of halogens is 2. The quantitative estimate of drug-likeness (QED) is 0.624. The molecule has 0 radical (unpaired) electrons. The van der Waals surface area contributed by atoms with Gasteiger partial charge in [0.25, 0.3) is 11.8 Å². The highest BCUT2D eigenvalue weighted by atomic mass is 32.1. The average molecular weight is 392 g/mol. The molecule has 0 aliphatic carbocycles. The van der Waals surface area contributed by atoms with Crippen molar-refractivity contribution in [3.8, 4) is 0 Å². The Kier molecular flexibility index (Phi) is 4.56. The van der Waals surface area contributed by atoms with E-state index >= 15 is 0 Å². The van der Waals surface area contributed by atoms with Crippen molar-refractivity contribution in [2.75, 3.05) is 25.0 Å². The van der Waals surface area contributed by atoms with Crippen LogP contribution in [0.2, 0.25) is 0 Å². The number of benzene rings is 1. The third-order valence-corrected chi connectivity index (χ3v) is 5.55. The van der Waals surface area contributed by atoms with Gasteiger partial charge in [-0.15, -0.1) is 0 Å². The molecule has 3 N–H and O–H groups in total. The molecule has 1 aliphatic heterocycles. The van der Waals surface area contributed by atoms with Gasteiger partial charge in [-0.05, 0) is 12.1 Å². The first-order chi connectivity index (χ1) is 12.9. The van der Waals surface area contributed by atoms with E-state index in [2.05, 4.69) is 15.3 Å². The van der Waals surface area contributed by atoms with Gasteiger partial charge in [0.2, 0.25) is 0 Å². The number of rotatable bonds is 5. The van der Waals surface area contributed by atoms with Crippen LogP contribution in [0.3, 0.4) is 0 Å². The van der Waals surface area contributed by atoms with Crippen LogP contribution in [0.5, 0.6) is 0 Å². The van der Waals surface area contributed by atoms with Gasteiger partial charge >= 0.3 is 0 Å².